The molecule has 6 nitrogen and oxygen atoms in total. The molecule has 6 heteroatoms. The Hall–Kier alpha value is -3.28. The zero-order chi connectivity index (χ0) is 18.8. The second-order valence-corrected chi connectivity index (χ2v) is 6.54. The second kappa shape index (κ2) is 7.15. The van der Waals surface area contributed by atoms with Gasteiger partial charge >= 0.3 is 0 Å². The van der Waals surface area contributed by atoms with E-state index in [2.05, 4.69) is 10.3 Å². The van der Waals surface area contributed by atoms with Crippen LogP contribution in [0.4, 0.5) is 0 Å². The molecule has 1 atom stereocenters. The molecule has 0 fully saturated rings. The number of pyridine rings is 1. The van der Waals surface area contributed by atoms with Gasteiger partial charge in [0.1, 0.15) is 12.7 Å². The Morgan fingerprint density at radius 2 is 2.04 bits per heavy atom. The van der Waals surface area contributed by atoms with Gasteiger partial charge in [-0.25, -0.2) is 0 Å². The SMILES string of the molecule is Cc1cc(C(=O)NC[C@@H]2COc3ccccc3O2)c(C)n1-c1cccnc1. The minimum atomic E-state index is -0.217. The van der Waals surface area contributed by atoms with Crippen LogP contribution in [0.3, 0.4) is 0 Å². The van der Waals surface area contributed by atoms with E-state index in [1.54, 1.807) is 12.4 Å². The number of aryl methyl sites for hydroxylation is 1. The number of carbonyl (C=O) groups is 1. The lowest BCUT2D eigenvalue weighted by atomic mass is 10.2. The van der Waals surface area contributed by atoms with Gasteiger partial charge in [0.2, 0.25) is 0 Å². The number of hydrogen-bond donors (Lipinski definition) is 1. The molecule has 4 rings (SSSR count). The fraction of sp³-hybridized carbons (Fsp3) is 0.238. The lowest BCUT2D eigenvalue weighted by Crippen LogP contribution is -2.40. The summed E-state index contributed by atoms with van der Waals surface area (Å²) in [4.78, 5) is 16.9. The van der Waals surface area contributed by atoms with Crippen molar-refractivity contribution in [2.45, 2.75) is 20.0 Å². The Kier molecular flexibility index (Phi) is 4.54. The van der Waals surface area contributed by atoms with Crippen molar-refractivity contribution in [2.24, 2.45) is 0 Å². The van der Waals surface area contributed by atoms with Crippen LogP contribution in [0.1, 0.15) is 21.7 Å². The molecule has 0 aliphatic carbocycles. The van der Waals surface area contributed by atoms with Crippen molar-refractivity contribution in [2.75, 3.05) is 13.2 Å². The van der Waals surface area contributed by atoms with Gasteiger partial charge in [-0.05, 0) is 44.2 Å². The molecular formula is C21H21N3O3. The quantitative estimate of drug-likeness (QED) is 0.774. The third-order valence-corrected chi connectivity index (χ3v) is 4.64. The van der Waals surface area contributed by atoms with Gasteiger partial charge in [0.05, 0.1) is 24.0 Å². The van der Waals surface area contributed by atoms with E-state index in [1.165, 1.54) is 0 Å². The Labute approximate surface area is 157 Å². The summed E-state index contributed by atoms with van der Waals surface area (Å²) in [5, 5.41) is 2.96. The maximum absolute atomic E-state index is 12.7. The van der Waals surface area contributed by atoms with Gasteiger partial charge in [-0.3, -0.25) is 9.78 Å². The summed E-state index contributed by atoms with van der Waals surface area (Å²) < 4.78 is 13.6. The molecule has 0 unspecified atom stereocenters. The van der Waals surface area contributed by atoms with Gasteiger partial charge in [-0.15, -0.1) is 0 Å². The summed E-state index contributed by atoms with van der Waals surface area (Å²) in [6.07, 6.45) is 3.30. The number of rotatable bonds is 4. The molecule has 138 valence electrons. The second-order valence-electron chi connectivity index (χ2n) is 6.54. The first-order valence-electron chi connectivity index (χ1n) is 8.89. The van der Waals surface area contributed by atoms with Gasteiger partial charge in [0, 0.05) is 17.6 Å². The minimum Gasteiger partial charge on any atom is -0.486 e. The van der Waals surface area contributed by atoms with Gasteiger partial charge < -0.3 is 19.4 Å². The number of aromatic nitrogens is 2. The molecule has 3 aromatic rings. The molecule has 1 aliphatic rings. The Bertz CT molecular complexity index is 966. The fourth-order valence-electron chi connectivity index (χ4n) is 3.34. The van der Waals surface area contributed by atoms with Crippen molar-refractivity contribution < 1.29 is 14.3 Å². The van der Waals surface area contributed by atoms with Crippen molar-refractivity contribution in [1.82, 2.24) is 14.9 Å². The van der Waals surface area contributed by atoms with Crippen LogP contribution in [0.5, 0.6) is 11.5 Å². The number of benzene rings is 1. The summed E-state index contributed by atoms with van der Waals surface area (Å²) in [6, 6.07) is 13.3. The zero-order valence-electron chi connectivity index (χ0n) is 15.3. The molecule has 2 aromatic heterocycles. The highest BCUT2D eigenvalue weighted by molar-refractivity contribution is 5.95. The Morgan fingerprint density at radius 1 is 1.22 bits per heavy atom. The smallest absolute Gasteiger partial charge is 0.253 e. The third kappa shape index (κ3) is 3.38. The van der Waals surface area contributed by atoms with E-state index in [0.717, 1.165) is 22.8 Å². The largest absolute Gasteiger partial charge is 0.486 e. The number of amides is 1. The van der Waals surface area contributed by atoms with Crippen LogP contribution in [0, 0.1) is 13.8 Å². The average molecular weight is 363 g/mol. The summed E-state index contributed by atoms with van der Waals surface area (Å²) in [5.41, 5.74) is 3.45. The molecule has 0 saturated carbocycles. The highest BCUT2D eigenvalue weighted by Crippen LogP contribution is 2.30. The van der Waals surface area contributed by atoms with Crippen LogP contribution in [0.15, 0.2) is 54.9 Å². The van der Waals surface area contributed by atoms with Crippen LogP contribution in [0.25, 0.3) is 5.69 Å². The number of hydrogen-bond acceptors (Lipinski definition) is 4. The lowest BCUT2D eigenvalue weighted by Gasteiger charge is -2.26. The highest BCUT2D eigenvalue weighted by atomic mass is 16.6. The van der Waals surface area contributed by atoms with Crippen LogP contribution in [-0.2, 0) is 0 Å². The van der Waals surface area contributed by atoms with Gasteiger partial charge in [0.15, 0.2) is 11.5 Å². The zero-order valence-corrected chi connectivity index (χ0v) is 15.3. The first kappa shape index (κ1) is 17.1. The number of fused-ring (bicyclic) bond motifs is 1. The Morgan fingerprint density at radius 3 is 2.81 bits per heavy atom. The van der Waals surface area contributed by atoms with Gasteiger partial charge in [-0.1, -0.05) is 12.1 Å². The van der Waals surface area contributed by atoms with E-state index in [-0.39, 0.29) is 12.0 Å². The maximum atomic E-state index is 12.7. The molecule has 1 aromatic carbocycles. The van der Waals surface area contributed by atoms with E-state index in [4.69, 9.17) is 9.47 Å². The fourth-order valence-corrected chi connectivity index (χ4v) is 3.34. The molecule has 1 amide bonds. The van der Waals surface area contributed by atoms with Crippen molar-refractivity contribution in [3.05, 3.63) is 71.8 Å². The van der Waals surface area contributed by atoms with Crippen LogP contribution in [0.2, 0.25) is 0 Å². The predicted octanol–water partition coefficient (Wildman–Crippen LogP) is 3.06. The number of nitrogens with zero attached hydrogens (tertiary/aromatic N) is 2. The molecule has 1 aliphatic heterocycles. The lowest BCUT2D eigenvalue weighted by molar-refractivity contribution is 0.0789. The van der Waals surface area contributed by atoms with Crippen molar-refractivity contribution in [3.63, 3.8) is 0 Å². The van der Waals surface area contributed by atoms with E-state index in [9.17, 15) is 4.79 Å². The monoisotopic (exact) mass is 363 g/mol. The minimum absolute atomic E-state index is 0.124. The molecule has 0 saturated heterocycles. The normalized spacial score (nSPS) is 15.4. The van der Waals surface area contributed by atoms with Gasteiger partial charge in [0.25, 0.3) is 5.91 Å². The first-order valence-corrected chi connectivity index (χ1v) is 8.89. The third-order valence-electron chi connectivity index (χ3n) is 4.64. The van der Waals surface area contributed by atoms with Crippen LogP contribution >= 0.6 is 0 Å². The molecule has 27 heavy (non-hydrogen) atoms. The van der Waals surface area contributed by atoms with Crippen molar-refractivity contribution in [3.8, 4) is 17.2 Å². The average Bonchev–Trinajstić information content (AvgIpc) is 3.01. The molecule has 0 radical (unpaired) electrons. The molecule has 0 spiro atoms. The maximum Gasteiger partial charge on any atom is 0.253 e. The van der Waals surface area contributed by atoms with E-state index < -0.39 is 0 Å². The highest BCUT2D eigenvalue weighted by Gasteiger charge is 2.22. The van der Waals surface area contributed by atoms with Crippen LogP contribution < -0.4 is 14.8 Å². The van der Waals surface area contributed by atoms with Gasteiger partial charge in [-0.2, -0.15) is 0 Å². The molecule has 1 N–H and O–H groups in total. The number of nitrogens with one attached hydrogen (secondary N) is 1. The van der Waals surface area contributed by atoms with E-state index in [0.29, 0.717) is 24.5 Å². The summed E-state index contributed by atoms with van der Waals surface area (Å²) >= 11 is 0. The summed E-state index contributed by atoms with van der Waals surface area (Å²) in [7, 11) is 0. The number of ether oxygens (including phenoxy) is 2. The summed E-state index contributed by atoms with van der Waals surface area (Å²) in [5.74, 6) is 1.32. The van der Waals surface area contributed by atoms with Crippen molar-refractivity contribution >= 4 is 5.91 Å². The van der Waals surface area contributed by atoms with E-state index >= 15 is 0 Å². The molecule has 0 bridgehead atoms. The van der Waals surface area contributed by atoms with E-state index in [1.807, 2.05) is 60.9 Å². The van der Waals surface area contributed by atoms with Crippen LogP contribution in [-0.4, -0.2) is 34.7 Å². The predicted molar refractivity (Wildman–Crippen MR) is 102 cm³/mol. The topological polar surface area (TPSA) is 65.4 Å². The molecular weight excluding hydrogens is 342 g/mol. The Balaban J connectivity index is 1.45. The summed E-state index contributed by atoms with van der Waals surface area (Å²) in [6.45, 7) is 4.70. The molecule has 3 heterocycles. The number of carbonyl (C=O) groups excluding carboxylic acids is 1. The first-order chi connectivity index (χ1) is 13.1. The van der Waals surface area contributed by atoms with Crippen molar-refractivity contribution in [1.29, 1.82) is 0 Å². The standard InChI is InChI=1S/C21H21N3O3/c1-14-10-18(15(2)24(14)16-6-5-9-22-11-16)21(25)23-12-17-13-26-19-7-3-4-8-20(19)27-17/h3-11,17H,12-13H2,1-2H3,(H,23,25)/t17-/m1/s1. The number of para-hydroxylation sites is 2.